The van der Waals surface area contributed by atoms with E-state index in [9.17, 15) is 26.4 Å². The Labute approximate surface area is 191 Å². The zero-order chi connectivity index (χ0) is 24.2. The van der Waals surface area contributed by atoms with Gasteiger partial charge in [0.2, 0.25) is 15.9 Å². The highest BCUT2D eigenvalue weighted by molar-refractivity contribution is 7.92. The van der Waals surface area contributed by atoms with Gasteiger partial charge < -0.3 is 5.32 Å². The van der Waals surface area contributed by atoms with Crippen molar-refractivity contribution in [2.45, 2.75) is 19.5 Å². The maximum Gasteiger partial charge on any atom is 0.416 e. The summed E-state index contributed by atoms with van der Waals surface area (Å²) in [5.41, 5.74) is -0.0689. The Bertz CT molecular complexity index is 1240. The van der Waals surface area contributed by atoms with Crippen LogP contribution >= 0.6 is 0 Å². The first-order valence-electron chi connectivity index (χ1n) is 10.3. The first kappa shape index (κ1) is 24.6. The van der Waals surface area contributed by atoms with Crippen molar-refractivity contribution in [1.82, 2.24) is 5.32 Å². The van der Waals surface area contributed by atoms with Gasteiger partial charge in [-0.05, 0) is 46.9 Å². The van der Waals surface area contributed by atoms with Gasteiger partial charge in [-0.25, -0.2) is 8.42 Å². The number of carbonyl (C=O) groups is 1. The number of carbonyl (C=O) groups excluding carboxylic acids is 1. The van der Waals surface area contributed by atoms with E-state index in [-0.39, 0.29) is 11.6 Å². The van der Waals surface area contributed by atoms with Gasteiger partial charge in [0.25, 0.3) is 0 Å². The molecule has 0 aliphatic rings. The van der Waals surface area contributed by atoms with Crippen molar-refractivity contribution in [2.24, 2.45) is 5.92 Å². The van der Waals surface area contributed by atoms with Gasteiger partial charge in [0, 0.05) is 6.54 Å². The van der Waals surface area contributed by atoms with E-state index >= 15 is 0 Å². The number of anilines is 1. The standard InChI is InChI=1S/C24H25F3N2O3S/c1-17(13-19-9-5-8-18-7-3-4-12-22(18)19)15-28-23(30)16-29(33(2,31)32)21-11-6-10-20(14-21)24(25,26)27/h3-12,14,17H,13,15-16H2,1-2H3,(H,28,30). The Morgan fingerprint density at radius 2 is 1.70 bits per heavy atom. The van der Waals surface area contributed by atoms with E-state index in [0.717, 1.165) is 40.8 Å². The van der Waals surface area contributed by atoms with E-state index in [4.69, 9.17) is 0 Å². The van der Waals surface area contributed by atoms with E-state index in [1.165, 1.54) is 6.07 Å². The number of sulfonamides is 1. The Hall–Kier alpha value is -3.07. The van der Waals surface area contributed by atoms with Crippen LogP contribution in [0, 0.1) is 5.92 Å². The molecule has 0 fully saturated rings. The third-order valence-corrected chi connectivity index (χ3v) is 6.39. The van der Waals surface area contributed by atoms with E-state index < -0.39 is 34.2 Å². The van der Waals surface area contributed by atoms with E-state index in [1.807, 2.05) is 49.4 Å². The molecule has 176 valence electrons. The van der Waals surface area contributed by atoms with Gasteiger partial charge in [-0.15, -0.1) is 0 Å². The Kier molecular flexibility index (Phi) is 7.31. The lowest BCUT2D eigenvalue weighted by Crippen LogP contribution is -2.41. The van der Waals surface area contributed by atoms with E-state index in [2.05, 4.69) is 5.32 Å². The molecule has 3 aromatic carbocycles. The molecule has 0 heterocycles. The monoisotopic (exact) mass is 478 g/mol. The predicted octanol–water partition coefficient (Wildman–Crippen LogP) is 4.62. The third-order valence-electron chi connectivity index (χ3n) is 5.25. The molecule has 1 N–H and O–H groups in total. The Morgan fingerprint density at radius 1 is 1.03 bits per heavy atom. The third kappa shape index (κ3) is 6.47. The molecule has 33 heavy (non-hydrogen) atoms. The lowest BCUT2D eigenvalue weighted by atomic mass is 9.96. The second-order valence-corrected chi connectivity index (χ2v) is 9.98. The number of benzene rings is 3. The number of halogens is 3. The summed E-state index contributed by atoms with van der Waals surface area (Å²) in [6.07, 6.45) is -3.08. The van der Waals surface area contributed by atoms with Crippen molar-refractivity contribution in [2.75, 3.05) is 23.7 Å². The maximum absolute atomic E-state index is 13.0. The quantitative estimate of drug-likeness (QED) is 0.514. The number of hydrogen-bond acceptors (Lipinski definition) is 3. The molecule has 0 bridgehead atoms. The van der Waals surface area contributed by atoms with Crippen molar-refractivity contribution in [3.8, 4) is 0 Å². The van der Waals surface area contributed by atoms with Crippen LogP contribution in [-0.4, -0.2) is 33.7 Å². The molecule has 1 atom stereocenters. The second-order valence-electron chi connectivity index (χ2n) is 8.07. The summed E-state index contributed by atoms with van der Waals surface area (Å²) in [6, 6.07) is 17.9. The highest BCUT2D eigenvalue weighted by Crippen LogP contribution is 2.32. The van der Waals surface area contributed by atoms with Gasteiger partial charge >= 0.3 is 6.18 Å². The normalized spacial score (nSPS) is 13.0. The molecule has 9 heteroatoms. The minimum absolute atomic E-state index is 0.0556. The van der Waals surface area contributed by atoms with Crippen LogP contribution in [-0.2, 0) is 27.4 Å². The average Bonchev–Trinajstić information content (AvgIpc) is 2.75. The molecular weight excluding hydrogens is 453 g/mol. The topological polar surface area (TPSA) is 66.5 Å². The number of amides is 1. The second kappa shape index (κ2) is 9.82. The molecule has 0 aliphatic carbocycles. The van der Waals surface area contributed by atoms with Gasteiger partial charge in [0.15, 0.2) is 0 Å². The van der Waals surface area contributed by atoms with Crippen LogP contribution in [0.1, 0.15) is 18.1 Å². The molecule has 1 unspecified atom stereocenters. The maximum atomic E-state index is 13.0. The van der Waals surface area contributed by atoms with Crippen molar-refractivity contribution < 1.29 is 26.4 Å². The molecule has 0 saturated heterocycles. The summed E-state index contributed by atoms with van der Waals surface area (Å²) in [4.78, 5) is 12.5. The van der Waals surface area contributed by atoms with Crippen LogP contribution in [0.3, 0.4) is 0 Å². The lowest BCUT2D eigenvalue weighted by Gasteiger charge is -2.23. The van der Waals surface area contributed by atoms with Gasteiger partial charge in [-0.2, -0.15) is 13.2 Å². The largest absolute Gasteiger partial charge is 0.416 e. The van der Waals surface area contributed by atoms with Gasteiger partial charge in [-0.1, -0.05) is 55.5 Å². The molecule has 1 amide bonds. The number of hydrogen-bond donors (Lipinski definition) is 1. The predicted molar refractivity (Wildman–Crippen MR) is 123 cm³/mol. The highest BCUT2D eigenvalue weighted by Gasteiger charge is 2.32. The van der Waals surface area contributed by atoms with Crippen LogP contribution in [0.5, 0.6) is 0 Å². The minimum atomic E-state index is -4.63. The number of alkyl halides is 3. The van der Waals surface area contributed by atoms with E-state index in [1.54, 1.807) is 0 Å². The smallest absolute Gasteiger partial charge is 0.354 e. The number of fused-ring (bicyclic) bond motifs is 1. The summed E-state index contributed by atoms with van der Waals surface area (Å²) in [5.74, 6) is -0.539. The molecule has 0 radical (unpaired) electrons. The molecule has 0 saturated carbocycles. The molecule has 3 aromatic rings. The van der Waals surface area contributed by atoms with Crippen LogP contribution in [0.25, 0.3) is 10.8 Å². The van der Waals surface area contributed by atoms with Crippen LogP contribution < -0.4 is 9.62 Å². The molecule has 5 nitrogen and oxygen atoms in total. The lowest BCUT2D eigenvalue weighted by molar-refractivity contribution is -0.137. The van der Waals surface area contributed by atoms with Crippen LogP contribution in [0.2, 0.25) is 0 Å². The average molecular weight is 479 g/mol. The van der Waals surface area contributed by atoms with Crippen molar-refractivity contribution in [3.05, 3.63) is 77.9 Å². The van der Waals surface area contributed by atoms with Crippen molar-refractivity contribution in [3.63, 3.8) is 0 Å². The van der Waals surface area contributed by atoms with Crippen LogP contribution in [0.15, 0.2) is 66.7 Å². The first-order valence-corrected chi connectivity index (χ1v) is 12.2. The van der Waals surface area contributed by atoms with Crippen LogP contribution in [0.4, 0.5) is 18.9 Å². The number of nitrogens with zero attached hydrogens (tertiary/aromatic N) is 1. The molecule has 0 aromatic heterocycles. The van der Waals surface area contributed by atoms with E-state index in [0.29, 0.717) is 17.3 Å². The van der Waals surface area contributed by atoms with Crippen molar-refractivity contribution in [1.29, 1.82) is 0 Å². The fourth-order valence-corrected chi connectivity index (χ4v) is 4.48. The summed E-state index contributed by atoms with van der Waals surface area (Å²) in [7, 11) is -3.98. The summed E-state index contributed by atoms with van der Waals surface area (Å²) >= 11 is 0. The van der Waals surface area contributed by atoms with Gasteiger partial charge in [0.1, 0.15) is 6.54 Å². The Balaban J connectivity index is 1.66. The number of nitrogens with one attached hydrogen (secondary N) is 1. The minimum Gasteiger partial charge on any atom is -0.354 e. The highest BCUT2D eigenvalue weighted by atomic mass is 32.2. The fraction of sp³-hybridized carbons (Fsp3) is 0.292. The first-order chi connectivity index (χ1) is 15.4. The number of rotatable bonds is 8. The van der Waals surface area contributed by atoms with Gasteiger partial charge in [0.05, 0.1) is 17.5 Å². The summed E-state index contributed by atoms with van der Waals surface area (Å²) in [6.45, 7) is 1.65. The summed E-state index contributed by atoms with van der Waals surface area (Å²) < 4.78 is 64.2. The molecule has 0 spiro atoms. The molecule has 0 aliphatic heterocycles. The SMILES string of the molecule is CC(CNC(=O)CN(c1cccc(C(F)(F)F)c1)S(C)(=O)=O)Cc1cccc2ccccc12. The molecule has 3 rings (SSSR count). The van der Waals surface area contributed by atoms with Crippen molar-refractivity contribution >= 4 is 32.4 Å². The molecular formula is C24H25F3N2O3S. The summed E-state index contributed by atoms with van der Waals surface area (Å²) in [5, 5.41) is 4.95. The fourth-order valence-electron chi connectivity index (χ4n) is 3.63. The zero-order valence-corrected chi connectivity index (χ0v) is 19.1. The van der Waals surface area contributed by atoms with Gasteiger partial charge in [-0.3, -0.25) is 9.10 Å². The Morgan fingerprint density at radius 3 is 2.39 bits per heavy atom. The zero-order valence-electron chi connectivity index (χ0n) is 18.3.